The van der Waals surface area contributed by atoms with Gasteiger partial charge >= 0.3 is 0 Å². The number of halogens is 2. The summed E-state index contributed by atoms with van der Waals surface area (Å²) in [7, 11) is 0. The van der Waals surface area contributed by atoms with Gasteiger partial charge in [-0.3, -0.25) is 0 Å². The van der Waals surface area contributed by atoms with Crippen molar-refractivity contribution in [3.8, 4) is 11.8 Å². The van der Waals surface area contributed by atoms with E-state index < -0.39 is 5.82 Å². The molecule has 0 spiro atoms. The SMILES string of the molecule is CC(N)c1cc(Br)ccc1OCc1cc(F)ccc1C#N. The van der Waals surface area contributed by atoms with Crippen LogP contribution in [-0.2, 0) is 6.61 Å². The molecule has 2 aromatic carbocycles. The Labute approximate surface area is 131 Å². The Kier molecular flexibility index (Phi) is 4.94. The maximum absolute atomic E-state index is 13.3. The van der Waals surface area contributed by atoms with Gasteiger partial charge in [0.05, 0.1) is 11.6 Å². The third kappa shape index (κ3) is 3.81. The molecule has 0 saturated heterocycles. The lowest BCUT2D eigenvalue weighted by molar-refractivity contribution is 0.300. The first-order valence-corrected chi connectivity index (χ1v) is 7.17. The molecule has 108 valence electrons. The van der Waals surface area contributed by atoms with E-state index in [0.29, 0.717) is 16.9 Å². The summed E-state index contributed by atoms with van der Waals surface area (Å²) in [6.07, 6.45) is 0. The molecule has 2 aromatic rings. The summed E-state index contributed by atoms with van der Waals surface area (Å²) in [6, 6.07) is 11.4. The van der Waals surface area contributed by atoms with Crippen molar-refractivity contribution in [3.05, 3.63) is 63.4 Å². The van der Waals surface area contributed by atoms with Crippen LogP contribution in [-0.4, -0.2) is 0 Å². The fourth-order valence-electron chi connectivity index (χ4n) is 1.95. The molecule has 0 fully saturated rings. The molecule has 3 nitrogen and oxygen atoms in total. The molecule has 21 heavy (non-hydrogen) atoms. The van der Waals surface area contributed by atoms with Gasteiger partial charge in [-0.1, -0.05) is 15.9 Å². The van der Waals surface area contributed by atoms with Gasteiger partial charge in [0.1, 0.15) is 18.2 Å². The molecule has 0 aliphatic rings. The van der Waals surface area contributed by atoms with Crippen LogP contribution in [0.5, 0.6) is 5.75 Å². The first-order valence-electron chi connectivity index (χ1n) is 6.37. The van der Waals surface area contributed by atoms with Crippen LogP contribution in [0.4, 0.5) is 4.39 Å². The molecular weight excluding hydrogens is 335 g/mol. The second-order valence-electron chi connectivity index (χ2n) is 4.67. The summed E-state index contributed by atoms with van der Waals surface area (Å²) in [5.41, 5.74) is 7.68. The molecule has 2 N–H and O–H groups in total. The zero-order valence-corrected chi connectivity index (χ0v) is 13.0. The monoisotopic (exact) mass is 348 g/mol. The number of nitriles is 1. The van der Waals surface area contributed by atoms with Gasteiger partial charge in [-0.25, -0.2) is 4.39 Å². The van der Waals surface area contributed by atoms with Crippen LogP contribution in [0, 0.1) is 17.1 Å². The van der Waals surface area contributed by atoms with Crippen molar-refractivity contribution < 1.29 is 9.13 Å². The molecule has 0 radical (unpaired) electrons. The molecule has 0 heterocycles. The highest BCUT2D eigenvalue weighted by atomic mass is 79.9. The second kappa shape index (κ2) is 6.70. The van der Waals surface area contributed by atoms with Crippen molar-refractivity contribution in [1.82, 2.24) is 0 Å². The van der Waals surface area contributed by atoms with Gasteiger partial charge in [0.2, 0.25) is 0 Å². The van der Waals surface area contributed by atoms with Crippen molar-refractivity contribution in [2.75, 3.05) is 0 Å². The average molecular weight is 349 g/mol. The standard InChI is InChI=1S/C16H14BrFN2O/c1-10(20)15-7-13(17)3-5-16(15)21-9-12-6-14(18)4-2-11(12)8-19/h2-7,10H,9,20H2,1H3. The molecule has 1 atom stereocenters. The third-order valence-electron chi connectivity index (χ3n) is 3.03. The topological polar surface area (TPSA) is 59.0 Å². The van der Waals surface area contributed by atoms with E-state index in [1.807, 2.05) is 25.1 Å². The molecule has 0 amide bonds. The van der Waals surface area contributed by atoms with Crippen LogP contribution in [0.3, 0.4) is 0 Å². The van der Waals surface area contributed by atoms with Gasteiger partial charge in [0, 0.05) is 21.6 Å². The van der Waals surface area contributed by atoms with Crippen LogP contribution >= 0.6 is 15.9 Å². The quantitative estimate of drug-likeness (QED) is 0.906. The Morgan fingerprint density at radius 3 is 2.76 bits per heavy atom. The predicted molar refractivity (Wildman–Crippen MR) is 82.2 cm³/mol. The fourth-order valence-corrected chi connectivity index (χ4v) is 2.33. The lowest BCUT2D eigenvalue weighted by atomic mass is 10.1. The number of nitrogens with two attached hydrogens (primary N) is 1. The van der Waals surface area contributed by atoms with E-state index in [0.717, 1.165) is 10.0 Å². The molecule has 0 saturated carbocycles. The lowest BCUT2D eigenvalue weighted by Crippen LogP contribution is -2.08. The smallest absolute Gasteiger partial charge is 0.124 e. The second-order valence-corrected chi connectivity index (χ2v) is 5.59. The van der Waals surface area contributed by atoms with Gasteiger partial charge in [-0.2, -0.15) is 5.26 Å². The van der Waals surface area contributed by atoms with Crippen LogP contribution < -0.4 is 10.5 Å². The highest BCUT2D eigenvalue weighted by molar-refractivity contribution is 9.10. The van der Waals surface area contributed by atoms with E-state index in [1.54, 1.807) is 6.07 Å². The van der Waals surface area contributed by atoms with Crippen molar-refractivity contribution in [3.63, 3.8) is 0 Å². The maximum Gasteiger partial charge on any atom is 0.124 e. The maximum atomic E-state index is 13.3. The van der Waals surface area contributed by atoms with Gasteiger partial charge in [0.15, 0.2) is 0 Å². The number of benzene rings is 2. The molecule has 2 rings (SSSR count). The number of nitrogens with zero attached hydrogens (tertiary/aromatic N) is 1. The van der Waals surface area contributed by atoms with Crippen LogP contribution in [0.15, 0.2) is 40.9 Å². The first kappa shape index (κ1) is 15.5. The van der Waals surface area contributed by atoms with Gasteiger partial charge < -0.3 is 10.5 Å². The average Bonchev–Trinajstić information content (AvgIpc) is 2.46. The van der Waals surface area contributed by atoms with Crippen LogP contribution in [0.25, 0.3) is 0 Å². The van der Waals surface area contributed by atoms with Crippen LogP contribution in [0.2, 0.25) is 0 Å². The highest BCUT2D eigenvalue weighted by Gasteiger charge is 2.11. The summed E-state index contributed by atoms with van der Waals surface area (Å²) in [4.78, 5) is 0. The minimum atomic E-state index is -0.393. The largest absolute Gasteiger partial charge is 0.489 e. The van der Waals surface area contributed by atoms with E-state index in [9.17, 15) is 4.39 Å². The number of rotatable bonds is 4. The Hall–Kier alpha value is -1.90. The van der Waals surface area contributed by atoms with Gasteiger partial charge in [-0.15, -0.1) is 0 Å². The lowest BCUT2D eigenvalue weighted by Gasteiger charge is -2.15. The highest BCUT2D eigenvalue weighted by Crippen LogP contribution is 2.28. The van der Waals surface area contributed by atoms with E-state index in [4.69, 9.17) is 15.7 Å². The van der Waals surface area contributed by atoms with E-state index in [-0.39, 0.29) is 12.6 Å². The Morgan fingerprint density at radius 1 is 1.33 bits per heavy atom. The molecule has 0 bridgehead atoms. The van der Waals surface area contributed by atoms with Crippen LogP contribution in [0.1, 0.15) is 29.7 Å². The molecule has 1 unspecified atom stereocenters. The number of ether oxygens (including phenoxy) is 1. The molecule has 5 heteroatoms. The zero-order chi connectivity index (χ0) is 15.4. The van der Waals surface area contributed by atoms with Crippen molar-refractivity contribution >= 4 is 15.9 Å². The summed E-state index contributed by atoms with van der Waals surface area (Å²) >= 11 is 3.39. The van der Waals surface area contributed by atoms with Crippen molar-refractivity contribution in [1.29, 1.82) is 5.26 Å². The summed E-state index contributed by atoms with van der Waals surface area (Å²) in [5, 5.41) is 9.03. The first-order chi connectivity index (χ1) is 10.0. The fraction of sp³-hybridized carbons (Fsp3) is 0.188. The summed E-state index contributed by atoms with van der Waals surface area (Å²) < 4.78 is 19.9. The third-order valence-corrected chi connectivity index (χ3v) is 3.53. The van der Waals surface area contributed by atoms with Crippen molar-refractivity contribution in [2.24, 2.45) is 5.73 Å². The zero-order valence-electron chi connectivity index (χ0n) is 11.4. The molecule has 0 aliphatic carbocycles. The molecule has 0 aromatic heterocycles. The normalized spacial score (nSPS) is 11.8. The van der Waals surface area contributed by atoms with Gasteiger partial charge in [-0.05, 0) is 43.3 Å². The van der Waals surface area contributed by atoms with E-state index >= 15 is 0 Å². The predicted octanol–water partition coefficient (Wildman–Crippen LogP) is 4.06. The molecule has 0 aliphatic heterocycles. The number of hydrogen-bond donors (Lipinski definition) is 1. The summed E-state index contributed by atoms with van der Waals surface area (Å²) in [5.74, 6) is 0.233. The molecular formula is C16H14BrFN2O. The van der Waals surface area contributed by atoms with E-state index in [1.165, 1.54) is 18.2 Å². The minimum Gasteiger partial charge on any atom is -0.489 e. The Morgan fingerprint density at radius 2 is 2.10 bits per heavy atom. The van der Waals surface area contributed by atoms with Crippen molar-refractivity contribution in [2.45, 2.75) is 19.6 Å². The van der Waals surface area contributed by atoms with E-state index in [2.05, 4.69) is 15.9 Å². The van der Waals surface area contributed by atoms with Gasteiger partial charge in [0.25, 0.3) is 0 Å². The Bertz CT molecular complexity index is 695. The minimum absolute atomic E-state index is 0.113. The number of hydrogen-bond acceptors (Lipinski definition) is 3. The summed E-state index contributed by atoms with van der Waals surface area (Å²) in [6.45, 7) is 1.97. The Balaban J connectivity index is 2.25.